The molecule has 0 fully saturated rings. The summed E-state index contributed by atoms with van der Waals surface area (Å²) in [4.78, 5) is 29.3. The van der Waals surface area contributed by atoms with Gasteiger partial charge in [0.1, 0.15) is 12.3 Å². The zero-order valence-electron chi connectivity index (χ0n) is 15.8. The summed E-state index contributed by atoms with van der Waals surface area (Å²) >= 11 is 5.88. The Hall–Kier alpha value is -4.05. The molecule has 0 atom stereocenters. The predicted molar refractivity (Wildman–Crippen MR) is 110 cm³/mol. The van der Waals surface area contributed by atoms with Crippen LogP contribution in [0.15, 0.2) is 59.7 Å². The molecule has 1 aliphatic heterocycles. The molecule has 1 aliphatic rings. The maximum atomic E-state index is 12.7. The standard InChI is InChI=1S/C20H14ClN5O5/c21-12-1-4-14(5-2-12)31-19-18-24-26(20(28)25(18)8-7-22-19)10-17(27)23-13-3-6-15-16(9-13)30-11-29-15/h1-9H,10-11H2,(H,23,27). The third-order valence-corrected chi connectivity index (χ3v) is 4.70. The third kappa shape index (κ3) is 3.76. The van der Waals surface area contributed by atoms with E-state index in [1.54, 1.807) is 42.5 Å². The highest BCUT2D eigenvalue weighted by Crippen LogP contribution is 2.34. The van der Waals surface area contributed by atoms with Gasteiger partial charge in [0.2, 0.25) is 18.3 Å². The third-order valence-electron chi connectivity index (χ3n) is 4.45. The van der Waals surface area contributed by atoms with Crippen molar-refractivity contribution < 1.29 is 19.0 Å². The second kappa shape index (κ2) is 7.65. The summed E-state index contributed by atoms with van der Waals surface area (Å²) in [5, 5.41) is 7.48. The van der Waals surface area contributed by atoms with Crippen LogP contribution >= 0.6 is 11.6 Å². The summed E-state index contributed by atoms with van der Waals surface area (Å²) < 4.78 is 18.6. The lowest BCUT2D eigenvalue weighted by atomic mass is 10.3. The maximum Gasteiger partial charge on any atom is 0.351 e. The average Bonchev–Trinajstić information content (AvgIpc) is 3.35. The van der Waals surface area contributed by atoms with Crippen LogP contribution in [0.5, 0.6) is 23.1 Å². The van der Waals surface area contributed by atoms with Crippen LogP contribution in [0, 0.1) is 0 Å². The van der Waals surface area contributed by atoms with Crippen molar-refractivity contribution in [1.82, 2.24) is 19.2 Å². The van der Waals surface area contributed by atoms with E-state index in [-0.39, 0.29) is 24.9 Å². The zero-order chi connectivity index (χ0) is 21.4. The molecule has 2 aromatic carbocycles. The molecule has 0 bridgehead atoms. The van der Waals surface area contributed by atoms with Crippen LogP contribution in [0.25, 0.3) is 5.65 Å². The molecule has 1 N–H and O–H groups in total. The number of aromatic nitrogens is 4. The Morgan fingerprint density at radius 1 is 1.16 bits per heavy atom. The Balaban J connectivity index is 1.37. The van der Waals surface area contributed by atoms with E-state index in [4.69, 9.17) is 25.8 Å². The fourth-order valence-electron chi connectivity index (χ4n) is 3.03. The summed E-state index contributed by atoms with van der Waals surface area (Å²) in [5.74, 6) is 1.31. The number of carbonyl (C=O) groups is 1. The number of anilines is 1. The number of rotatable bonds is 5. The number of fused-ring (bicyclic) bond motifs is 2. The van der Waals surface area contributed by atoms with Gasteiger partial charge in [-0.15, -0.1) is 5.10 Å². The molecule has 1 amide bonds. The Kier molecular flexibility index (Phi) is 4.68. The zero-order valence-corrected chi connectivity index (χ0v) is 16.6. The van der Waals surface area contributed by atoms with Crippen molar-refractivity contribution in [3.63, 3.8) is 0 Å². The molecule has 0 radical (unpaired) electrons. The lowest BCUT2D eigenvalue weighted by Gasteiger charge is -2.05. The average molecular weight is 440 g/mol. The van der Waals surface area contributed by atoms with Gasteiger partial charge in [-0.2, -0.15) is 0 Å². The number of ether oxygens (including phenoxy) is 3. The number of nitrogens with one attached hydrogen (secondary N) is 1. The molecule has 31 heavy (non-hydrogen) atoms. The second-order valence-electron chi connectivity index (χ2n) is 6.54. The van der Waals surface area contributed by atoms with Crippen molar-refractivity contribution in [2.45, 2.75) is 6.54 Å². The minimum absolute atomic E-state index is 0.122. The van der Waals surface area contributed by atoms with Gasteiger partial charge in [-0.05, 0) is 36.4 Å². The van der Waals surface area contributed by atoms with Gasteiger partial charge < -0.3 is 19.5 Å². The SMILES string of the molecule is O=C(Cn1nc2c(Oc3ccc(Cl)cc3)nccn2c1=O)Nc1ccc2c(c1)OCO2. The first-order valence-corrected chi connectivity index (χ1v) is 9.52. The van der Waals surface area contributed by atoms with Crippen LogP contribution in [-0.4, -0.2) is 31.9 Å². The fourth-order valence-corrected chi connectivity index (χ4v) is 3.15. The minimum Gasteiger partial charge on any atom is -0.454 e. The second-order valence-corrected chi connectivity index (χ2v) is 6.97. The van der Waals surface area contributed by atoms with Gasteiger partial charge in [0.15, 0.2) is 11.5 Å². The molecule has 2 aromatic heterocycles. The van der Waals surface area contributed by atoms with Crippen LogP contribution in [0.4, 0.5) is 5.69 Å². The largest absolute Gasteiger partial charge is 0.454 e. The van der Waals surface area contributed by atoms with E-state index < -0.39 is 11.6 Å². The van der Waals surface area contributed by atoms with Gasteiger partial charge in [-0.1, -0.05) is 11.6 Å². The van der Waals surface area contributed by atoms with Gasteiger partial charge in [-0.3, -0.25) is 4.79 Å². The number of halogens is 1. The number of carbonyl (C=O) groups excluding carboxylic acids is 1. The molecular formula is C20H14ClN5O5. The molecule has 0 unspecified atom stereocenters. The van der Waals surface area contributed by atoms with Crippen molar-refractivity contribution in [2.24, 2.45) is 0 Å². The van der Waals surface area contributed by atoms with Crippen molar-refractivity contribution in [1.29, 1.82) is 0 Å². The molecule has 3 heterocycles. The highest BCUT2D eigenvalue weighted by atomic mass is 35.5. The monoisotopic (exact) mass is 439 g/mol. The molecular weight excluding hydrogens is 426 g/mol. The summed E-state index contributed by atoms with van der Waals surface area (Å²) in [6.45, 7) is -0.160. The van der Waals surface area contributed by atoms with Crippen molar-refractivity contribution in [3.05, 3.63) is 70.4 Å². The first kappa shape index (κ1) is 18.9. The minimum atomic E-state index is -0.501. The van der Waals surface area contributed by atoms with Crippen molar-refractivity contribution in [2.75, 3.05) is 12.1 Å². The lowest BCUT2D eigenvalue weighted by molar-refractivity contribution is -0.117. The first-order chi connectivity index (χ1) is 15.1. The molecule has 0 saturated heterocycles. The molecule has 5 rings (SSSR count). The van der Waals surface area contributed by atoms with Gasteiger partial charge in [-0.25, -0.2) is 18.9 Å². The molecule has 0 aliphatic carbocycles. The number of hydrogen-bond donors (Lipinski definition) is 1. The first-order valence-electron chi connectivity index (χ1n) is 9.14. The van der Waals surface area contributed by atoms with E-state index in [2.05, 4.69) is 15.4 Å². The summed E-state index contributed by atoms with van der Waals surface area (Å²) in [5.41, 5.74) is 0.192. The molecule has 4 aromatic rings. The summed E-state index contributed by atoms with van der Waals surface area (Å²) in [7, 11) is 0. The van der Waals surface area contributed by atoms with Gasteiger partial charge in [0, 0.05) is 29.2 Å². The van der Waals surface area contributed by atoms with Crippen molar-refractivity contribution >= 4 is 28.8 Å². The molecule has 10 nitrogen and oxygen atoms in total. The van der Waals surface area contributed by atoms with Crippen LogP contribution in [-0.2, 0) is 11.3 Å². The van der Waals surface area contributed by atoms with Gasteiger partial charge >= 0.3 is 5.69 Å². The topological polar surface area (TPSA) is 109 Å². The Morgan fingerprint density at radius 3 is 2.81 bits per heavy atom. The van der Waals surface area contributed by atoms with Crippen LogP contribution in [0.1, 0.15) is 0 Å². The van der Waals surface area contributed by atoms with Crippen LogP contribution < -0.4 is 25.2 Å². The maximum absolute atomic E-state index is 12.7. The van der Waals surface area contributed by atoms with E-state index in [1.807, 2.05) is 0 Å². The molecule has 156 valence electrons. The Bertz CT molecular complexity index is 1350. The van der Waals surface area contributed by atoms with E-state index in [9.17, 15) is 9.59 Å². The number of benzene rings is 2. The highest BCUT2D eigenvalue weighted by molar-refractivity contribution is 6.30. The summed E-state index contributed by atoms with van der Waals surface area (Å²) in [6, 6.07) is 11.7. The lowest BCUT2D eigenvalue weighted by Crippen LogP contribution is -2.28. The highest BCUT2D eigenvalue weighted by Gasteiger charge is 2.17. The Morgan fingerprint density at radius 2 is 1.97 bits per heavy atom. The fraction of sp³-hybridized carbons (Fsp3) is 0.100. The molecule has 0 saturated carbocycles. The van der Waals surface area contributed by atoms with E-state index in [0.717, 1.165) is 4.68 Å². The number of nitrogens with zero attached hydrogens (tertiary/aromatic N) is 4. The van der Waals surface area contributed by atoms with E-state index >= 15 is 0 Å². The summed E-state index contributed by atoms with van der Waals surface area (Å²) in [6.07, 6.45) is 2.87. The molecule has 0 spiro atoms. The van der Waals surface area contributed by atoms with Crippen molar-refractivity contribution in [3.8, 4) is 23.1 Å². The van der Waals surface area contributed by atoms with E-state index in [0.29, 0.717) is 28.0 Å². The predicted octanol–water partition coefficient (Wildman–Crippen LogP) is 2.70. The smallest absolute Gasteiger partial charge is 0.351 e. The number of amides is 1. The van der Waals surface area contributed by atoms with Crippen LogP contribution in [0.3, 0.4) is 0 Å². The van der Waals surface area contributed by atoms with Gasteiger partial charge in [0.05, 0.1) is 0 Å². The normalized spacial score (nSPS) is 12.2. The van der Waals surface area contributed by atoms with E-state index in [1.165, 1.54) is 16.8 Å². The quantitative estimate of drug-likeness (QED) is 0.509. The number of hydrogen-bond acceptors (Lipinski definition) is 7. The van der Waals surface area contributed by atoms with Gasteiger partial charge in [0.25, 0.3) is 5.88 Å². The Labute approximate surface area is 179 Å². The molecule has 11 heteroatoms. The van der Waals surface area contributed by atoms with Crippen LogP contribution in [0.2, 0.25) is 5.02 Å².